The van der Waals surface area contributed by atoms with Gasteiger partial charge in [-0.15, -0.1) is 0 Å². The van der Waals surface area contributed by atoms with E-state index in [1.54, 1.807) is 0 Å². The second kappa shape index (κ2) is 6.27. The topological polar surface area (TPSA) is 27.0 Å². The number of nitrogens with zero attached hydrogens (tertiary/aromatic N) is 2. The molecule has 0 bridgehead atoms. The smallest absolute Gasteiger partial charge is 0.0672 e. The average molecular weight is 262 g/mol. The van der Waals surface area contributed by atoms with E-state index in [0.29, 0.717) is 11.5 Å². The minimum absolute atomic E-state index is 0.286. The lowest BCUT2D eigenvalue weighted by Crippen LogP contribution is -2.46. The Labute approximate surface area is 119 Å². The van der Waals surface area contributed by atoms with Crippen LogP contribution in [0.1, 0.15) is 65.7 Å². The first-order chi connectivity index (χ1) is 9.02. The monoisotopic (exact) mass is 262 g/mol. The third-order valence-corrected chi connectivity index (χ3v) is 5.37. The lowest BCUT2D eigenvalue weighted by atomic mass is 9.75. The van der Waals surface area contributed by atoms with Crippen molar-refractivity contribution in [1.29, 1.82) is 5.26 Å². The van der Waals surface area contributed by atoms with Crippen LogP contribution in [0.5, 0.6) is 0 Å². The highest BCUT2D eigenvalue weighted by molar-refractivity contribution is 4.96. The van der Waals surface area contributed by atoms with E-state index in [4.69, 9.17) is 0 Å². The van der Waals surface area contributed by atoms with Crippen molar-refractivity contribution in [3.8, 4) is 6.07 Å². The Morgan fingerprint density at radius 2 is 1.58 bits per heavy atom. The molecule has 2 rings (SSSR count). The number of hydrogen-bond acceptors (Lipinski definition) is 2. The highest BCUT2D eigenvalue weighted by Crippen LogP contribution is 2.36. The quantitative estimate of drug-likeness (QED) is 0.662. The van der Waals surface area contributed by atoms with E-state index in [0.717, 1.165) is 12.3 Å². The fraction of sp³-hybridized carbons (Fsp3) is 0.941. The van der Waals surface area contributed by atoms with Crippen LogP contribution in [0.2, 0.25) is 0 Å². The molecule has 1 saturated carbocycles. The number of rotatable bonds is 1. The Balaban J connectivity index is 1.94. The number of hydrogen-bond donors (Lipinski definition) is 0. The zero-order valence-corrected chi connectivity index (χ0v) is 13.0. The van der Waals surface area contributed by atoms with E-state index < -0.39 is 0 Å². The molecule has 0 amide bonds. The van der Waals surface area contributed by atoms with Crippen LogP contribution < -0.4 is 0 Å². The summed E-state index contributed by atoms with van der Waals surface area (Å²) in [5.74, 6) is 1.14. The molecule has 2 nitrogen and oxygen atoms in total. The predicted octanol–water partition coefficient (Wildman–Crippen LogP) is 4.22. The minimum Gasteiger partial charge on any atom is -0.299 e. The number of nitriles is 1. The molecule has 108 valence electrons. The molecule has 2 aliphatic rings. The molecule has 2 unspecified atom stereocenters. The van der Waals surface area contributed by atoms with Gasteiger partial charge in [0.15, 0.2) is 0 Å². The molecule has 0 aromatic heterocycles. The molecular formula is C17H30N2. The summed E-state index contributed by atoms with van der Waals surface area (Å²) in [5.41, 5.74) is 0.449. The van der Waals surface area contributed by atoms with E-state index in [2.05, 4.69) is 31.7 Å². The maximum Gasteiger partial charge on any atom is 0.0672 e. The third kappa shape index (κ3) is 3.72. The van der Waals surface area contributed by atoms with E-state index in [-0.39, 0.29) is 5.92 Å². The molecule has 2 heteroatoms. The molecule has 19 heavy (non-hydrogen) atoms. The summed E-state index contributed by atoms with van der Waals surface area (Å²) in [4.78, 5) is 2.64. The highest BCUT2D eigenvalue weighted by atomic mass is 15.2. The van der Waals surface area contributed by atoms with Crippen LogP contribution in [-0.4, -0.2) is 24.0 Å². The third-order valence-electron chi connectivity index (χ3n) is 5.37. The average Bonchev–Trinajstić information content (AvgIpc) is 2.62. The van der Waals surface area contributed by atoms with Crippen LogP contribution in [0.4, 0.5) is 0 Å². The fourth-order valence-corrected chi connectivity index (χ4v) is 3.97. The van der Waals surface area contributed by atoms with Crippen LogP contribution in [0.25, 0.3) is 0 Å². The van der Waals surface area contributed by atoms with E-state index in [9.17, 15) is 5.26 Å². The Hall–Kier alpha value is -0.550. The van der Waals surface area contributed by atoms with Crippen LogP contribution in [0.15, 0.2) is 0 Å². The largest absolute Gasteiger partial charge is 0.299 e. The first-order valence-corrected chi connectivity index (χ1v) is 8.16. The van der Waals surface area contributed by atoms with Crippen molar-refractivity contribution in [1.82, 2.24) is 4.90 Å². The summed E-state index contributed by atoms with van der Waals surface area (Å²) < 4.78 is 0. The van der Waals surface area contributed by atoms with Crippen LogP contribution in [0.3, 0.4) is 0 Å². The molecule has 0 aromatic rings. The van der Waals surface area contributed by atoms with Crippen molar-refractivity contribution in [2.75, 3.05) is 13.1 Å². The van der Waals surface area contributed by atoms with Gasteiger partial charge in [0, 0.05) is 6.04 Å². The SMILES string of the molecule is CC(C)(C)C1CCN(C2CCCCCC2C#N)CC1. The predicted molar refractivity (Wildman–Crippen MR) is 79.7 cm³/mol. The molecule has 1 aliphatic carbocycles. The Kier molecular flexibility index (Phi) is 4.90. The number of piperidine rings is 1. The van der Waals surface area contributed by atoms with Gasteiger partial charge in [0.25, 0.3) is 0 Å². The van der Waals surface area contributed by atoms with Gasteiger partial charge in [-0.05, 0) is 50.1 Å². The van der Waals surface area contributed by atoms with E-state index >= 15 is 0 Å². The zero-order valence-electron chi connectivity index (χ0n) is 13.0. The molecule has 0 N–H and O–H groups in total. The summed E-state index contributed by atoms with van der Waals surface area (Å²) in [6.07, 6.45) is 8.91. The zero-order chi connectivity index (χ0) is 13.9. The van der Waals surface area contributed by atoms with Crippen LogP contribution >= 0.6 is 0 Å². The maximum absolute atomic E-state index is 9.42. The van der Waals surface area contributed by atoms with Gasteiger partial charge in [-0.3, -0.25) is 4.90 Å². The molecule has 0 aromatic carbocycles. The second-order valence-electron chi connectivity index (χ2n) is 7.62. The normalized spacial score (nSPS) is 31.7. The Bertz CT molecular complexity index is 315. The molecule has 1 saturated heterocycles. The van der Waals surface area contributed by atoms with Gasteiger partial charge < -0.3 is 0 Å². The molecule has 1 aliphatic heterocycles. The summed E-state index contributed by atoms with van der Waals surface area (Å²) in [6.45, 7) is 9.54. The molecule has 2 atom stereocenters. The molecule has 0 radical (unpaired) electrons. The fourth-order valence-electron chi connectivity index (χ4n) is 3.97. The van der Waals surface area contributed by atoms with Gasteiger partial charge in [-0.1, -0.05) is 40.0 Å². The first kappa shape index (κ1) is 14.9. The van der Waals surface area contributed by atoms with Gasteiger partial charge in [0.05, 0.1) is 12.0 Å². The van der Waals surface area contributed by atoms with Crippen molar-refractivity contribution >= 4 is 0 Å². The van der Waals surface area contributed by atoms with Crippen LogP contribution in [-0.2, 0) is 0 Å². The first-order valence-electron chi connectivity index (χ1n) is 8.16. The van der Waals surface area contributed by atoms with Crippen molar-refractivity contribution in [3.05, 3.63) is 0 Å². The maximum atomic E-state index is 9.42. The minimum atomic E-state index is 0.286. The van der Waals surface area contributed by atoms with Crippen molar-refractivity contribution < 1.29 is 0 Å². The lowest BCUT2D eigenvalue weighted by Gasteiger charge is -2.42. The Morgan fingerprint density at radius 3 is 2.16 bits per heavy atom. The van der Waals surface area contributed by atoms with Gasteiger partial charge in [0.2, 0.25) is 0 Å². The van der Waals surface area contributed by atoms with Gasteiger partial charge in [0.1, 0.15) is 0 Å². The Morgan fingerprint density at radius 1 is 0.947 bits per heavy atom. The van der Waals surface area contributed by atoms with Crippen LogP contribution in [0, 0.1) is 28.6 Å². The standard InChI is InChI=1S/C17H30N2/c1-17(2,3)15-9-11-19(12-10-15)16-8-6-4-5-7-14(16)13-18/h14-16H,4-12H2,1-3H3. The molecular weight excluding hydrogens is 232 g/mol. The second-order valence-corrected chi connectivity index (χ2v) is 7.62. The summed E-state index contributed by atoms with van der Waals surface area (Å²) in [5, 5.41) is 9.42. The molecule has 0 spiro atoms. The van der Waals surface area contributed by atoms with E-state index in [1.807, 2.05) is 0 Å². The van der Waals surface area contributed by atoms with Crippen molar-refractivity contribution in [2.45, 2.75) is 71.8 Å². The molecule has 1 heterocycles. The van der Waals surface area contributed by atoms with E-state index in [1.165, 1.54) is 51.6 Å². The lowest BCUT2D eigenvalue weighted by molar-refractivity contribution is 0.0661. The highest BCUT2D eigenvalue weighted by Gasteiger charge is 2.34. The number of likely N-dealkylation sites (tertiary alicyclic amines) is 1. The van der Waals surface area contributed by atoms with Gasteiger partial charge in [-0.2, -0.15) is 5.26 Å². The molecule has 2 fully saturated rings. The summed E-state index contributed by atoms with van der Waals surface area (Å²) in [7, 11) is 0. The van der Waals surface area contributed by atoms with Crippen molar-refractivity contribution in [2.24, 2.45) is 17.3 Å². The van der Waals surface area contributed by atoms with Crippen molar-refractivity contribution in [3.63, 3.8) is 0 Å². The van der Waals surface area contributed by atoms with Gasteiger partial charge >= 0.3 is 0 Å². The van der Waals surface area contributed by atoms with Gasteiger partial charge in [-0.25, -0.2) is 0 Å². The summed E-state index contributed by atoms with van der Waals surface area (Å²) in [6, 6.07) is 3.14. The summed E-state index contributed by atoms with van der Waals surface area (Å²) >= 11 is 0.